The zero-order valence-electron chi connectivity index (χ0n) is 15.6. The van der Waals surface area contributed by atoms with Gasteiger partial charge in [0.15, 0.2) is 0 Å². The Bertz CT molecular complexity index is 870. The van der Waals surface area contributed by atoms with Crippen LogP contribution in [-0.2, 0) is 4.79 Å². The first-order valence-electron chi connectivity index (χ1n) is 9.12. The van der Waals surface area contributed by atoms with E-state index < -0.39 is 11.8 Å². The van der Waals surface area contributed by atoms with Gasteiger partial charge in [-0.3, -0.25) is 20.4 Å². The van der Waals surface area contributed by atoms with Gasteiger partial charge >= 0.3 is 0 Å². The Kier molecular flexibility index (Phi) is 6.41. The summed E-state index contributed by atoms with van der Waals surface area (Å²) in [6.07, 6.45) is 0. The first kappa shape index (κ1) is 19.2. The van der Waals surface area contributed by atoms with Crippen molar-refractivity contribution < 1.29 is 14.3 Å². The Morgan fingerprint density at radius 3 is 1.82 bits per heavy atom. The van der Waals surface area contributed by atoms with Crippen LogP contribution in [0, 0.1) is 0 Å². The molecule has 0 aliphatic rings. The fraction of sp³-hybridized carbons (Fsp3) is 0.130. The van der Waals surface area contributed by atoms with Crippen molar-refractivity contribution in [3.63, 3.8) is 0 Å². The van der Waals surface area contributed by atoms with Crippen molar-refractivity contribution in [3.05, 3.63) is 102 Å². The number of nitrogens with one attached hydrogen (secondary N) is 2. The summed E-state index contributed by atoms with van der Waals surface area (Å²) in [4.78, 5) is 25.2. The molecule has 0 aliphatic heterocycles. The second-order valence-electron chi connectivity index (χ2n) is 6.16. The van der Waals surface area contributed by atoms with Crippen LogP contribution in [-0.4, -0.2) is 18.4 Å². The molecule has 0 fully saturated rings. The predicted octanol–water partition coefficient (Wildman–Crippen LogP) is 3.68. The lowest BCUT2D eigenvalue weighted by Gasteiger charge is -2.18. The molecule has 0 aliphatic carbocycles. The fourth-order valence-corrected chi connectivity index (χ4v) is 2.92. The molecule has 0 saturated heterocycles. The van der Waals surface area contributed by atoms with Crippen LogP contribution >= 0.6 is 0 Å². The number of carbonyl (C=O) groups is 2. The van der Waals surface area contributed by atoms with Crippen molar-refractivity contribution in [1.82, 2.24) is 10.9 Å². The van der Waals surface area contributed by atoms with Gasteiger partial charge in [-0.2, -0.15) is 0 Å². The lowest BCUT2D eigenvalue weighted by Crippen LogP contribution is -2.44. The van der Waals surface area contributed by atoms with Gasteiger partial charge in [0.25, 0.3) is 5.91 Å². The van der Waals surface area contributed by atoms with E-state index in [2.05, 4.69) is 10.9 Å². The van der Waals surface area contributed by atoms with E-state index in [9.17, 15) is 9.59 Å². The molecule has 0 bridgehead atoms. The summed E-state index contributed by atoms with van der Waals surface area (Å²) in [6.45, 7) is 2.45. The lowest BCUT2D eigenvalue weighted by molar-refractivity contribution is -0.122. The average Bonchev–Trinajstić information content (AvgIpc) is 2.74. The van der Waals surface area contributed by atoms with E-state index in [1.807, 2.05) is 67.6 Å². The fourth-order valence-electron chi connectivity index (χ4n) is 2.92. The minimum Gasteiger partial charge on any atom is -0.494 e. The van der Waals surface area contributed by atoms with Gasteiger partial charge in [0.05, 0.1) is 12.5 Å². The van der Waals surface area contributed by atoms with E-state index in [-0.39, 0.29) is 5.91 Å². The van der Waals surface area contributed by atoms with Gasteiger partial charge in [0.2, 0.25) is 5.91 Å². The average molecular weight is 374 g/mol. The molecule has 0 aromatic heterocycles. The van der Waals surface area contributed by atoms with Crippen LogP contribution in [0.15, 0.2) is 84.9 Å². The van der Waals surface area contributed by atoms with Gasteiger partial charge in [-0.25, -0.2) is 0 Å². The zero-order valence-corrected chi connectivity index (χ0v) is 15.6. The van der Waals surface area contributed by atoms with Crippen LogP contribution in [0.4, 0.5) is 0 Å². The van der Waals surface area contributed by atoms with Crippen LogP contribution in [0.25, 0.3) is 0 Å². The Balaban J connectivity index is 1.71. The van der Waals surface area contributed by atoms with Crippen molar-refractivity contribution in [2.24, 2.45) is 0 Å². The van der Waals surface area contributed by atoms with Crippen molar-refractivity contribution in [2.45, 2.75) is 12.8 Å². The topological polar surface area (TPSA) is 67.4 Å². The van der Waals surface area contributed by atoms with Crippen molar-refractivity contribution >= 4 is 11.8 Å². The maximum Gasteiger partial charge on any atom is 0.269 e. The molecule has 28 heavy (non-hydrogen) atoms. The molecule has 3 aromatic rings. The summed E-state index contributed by atoms with van der Waals surface area (Å²) in [7, 11) is 0. The molecule has 0 heterocycles. The number of hydrogen-bond donors (Lipinski definition) is 2. The molecule has 0 atom stereocenters. The smallest absolute Gasteiger partial charge is 0.269 e. The molecule has 0 unspecified atom stereocenters. The van der Waals surface area contributed by atoms with E-state index in [0.29, 0.717) is 17.9 Å². The quantitative estimate of drug-likeness (QED) is 0.647. The molecule has 2 amide bonds. The minimum atomic E-state index is -0.525. The van der Waals surface area contributed by atoms with E-state index in [1.54, 1.807) is 24.3 Å². The van der Waals surface area contributed by atoms with Gasteiger partial charge in [0, 0.05) is 5.56 Å². The van der Waals surface area contributed by atoms with Crippen LogP contribution in [0.5, 0.6) is 5.75 Å². The number of amides is 2. The van der Waals surface area contributed by atoms with Gasteiger partial charge in [-0.05, 0) is 42.3 Å². The predicted molar refractivity (Wildman–Crippen MR) is 108 cm³/mol. The van der Waals surface area contributed by atoms with E-state index in [4.69, 9.17) is 4.74 Å². The second kappa shape index (κ2) is 9.37. The van der Waals surface area contributed by atoms with Gasteiger partial charge in [-0.1, -0.05) is 60.7 Å². The third-order valence-electron chi connectivity index (χ3n) is 4.25. The molecule has 3 rings (SSSR count). The molecule has 5 nitrogen and oxygen atoms in total. The maximum absolute atomic E-state index is 12.9. The van der Waals surface area contributed by atoms with E-state index in [0.717, 1.165) is 11.1 Å². The summed E-state index contributed by atoms with van der Waals surface area (Å²) in [5, 5.41) is 0. The zero-order chi connectivity index (χ0) is 19.8. The lowest BCUT2D eigenvalue weighted by atomic mass is 9.91. The van der Waals surface area contributed by atoms with Crippen molar-refractivity contribution in [2.75, 3.05) is 6.61 Å². The minimum absolute atomic E-state index is 0.309. The van der Waals surface area contributed by atoms with E-state index in [1.165, 1.54) is 0 Å². The number of hydrazine groups is 1. The molecular weight excluding hydrogens is 352 g/mol. The van der Waals surface area contributed by atoms with Crippen LogP contribution < -0.4 is 15.6 Å². The first-order chi connectivity index (χ1) is 13.7. The molecule has 0 radical (unpaired) electrons. The van der Waals surface area contributed by atoms with Crippen LogP contribution in [0.1, 0.15) is 34.3 Å². The molecule has 142 valence electrons. The van der Waals surface area contributed by atoms with Crippen molar-refractivity contribution in [1.29, 1.82) is 0 Å². The molecule has 2 N–H and O–H groups in total. The highest BCUT2D eigenvalue weighted by Crippen LogP contribution is 2.24. The Labute approximate surface area is 164 Å². The molecule has 0 spiro atoms. The molecule has 5 heteroatoms. The number of benzene rings is 3. The Morgan fingerprint density at radius 2 is 1.32 bits per heavy atom. The largest absolute Gasteiger partial charge is 0.494 e. The Morgan fingerprint density at radius 1 is 0.786 bits per heavy atom. The summed E-state index contributed by atoms with van der Waals surface area (Å²) in [5.74, 6) is -0.535. The summed E-state index contributed by atoms with van der Waals surface area (Å²) in [6, 6.07) is 25.7. The highest BCUT2D eigenvalue weighted by molar-refractivity contribution is 5.96. The maximum atomic E-state index is 12.9. The monoisotopic (exact) mass is 374 g/mol. The number of hydrogen-bond acceptors (Lipinski definition) is 3. The van der Waals surface area contributed by atoms with Gasteiger partial charge in [-0.15, -0.1) is 0 Å². The van der Waals surface area contributed by atoms with Crippen LogP contribution in [0.3, 0.4) is 0 Å². The highest BCUT2D eigenvalue weighted by atomic mass is 16.5. The summed E-state index contributed by atoms with van der Waals surface area (Å²) >= 11 is 0. The van der Waals surface area contributed by atoms with E-state index >= 15 is 0 Å². The second-order valence-corrected chi connectivity index (χ2v) is 6.16. The Hall–Kier alpha value is -3.60. The third kappa shape index (κ3) is 4.76. The summed E-state index contributed by atoms with van der Waals surface area (Å²) < 4.78 is 5.37. The van der Waals surface area contributed by atoms with Gasteiger partial charge < -0.3 is 4.74 Å². The number of ether oxygens (including phenoxy) is 1. The van der Waals surface area contributed by atoms with Crippen LogP contribution in [0.2, 0.25) is 0 Å². The number of carbonyl (C=O) groups excluding carboxylic acids is 2. The summed E-state index contributed by atoms with van der Waals surface area (Å²) in [5.41, 5.74) is 7.17. The highest BCUT2D eigenvalue weighted by Gasteiger charge is 2.23. The number of rotatable bonds is 6. The van der Waals surface area contributed by atoms with Crippen molar-refractivity contribution in [3.8, 4) is 5.75 Å². The standard InChI is InChI=1S/C23H22N2O3/c1-2-28-20-15-13-19(14-16-20)22(26)24-25-23(27)21(17-9-5-3-6-10-17)18-11-7-4-8-12-18/h3-16,21H,2H2,1H3,(H,24,26)(H,25,27). The third-order valence-corrected chi connectivity index (χ3v) is 4.25. The molecule has 0 saturated carbocycles. The van der Waals surface area contributed by atoms with Gasteiger partial charge in [0.1, 0.15) is 5.75 Å². The molecular formula is C23H22N2O3. The first-order valence-corrected chi connectivity index (χ1v) is 9.12. The normalized spacial score (nSPS) is 10.4. The molecule has 3 aromatic carbocycles. The SMILES string of the molecule is CCOc1ccc(C(=O)NNC(=O)C(c2ccccc2)c2ccccc2)cc1.